The molecular formula is C11H19NO. The Morgan fingerprint density at radius 1 is 1.46 bits per heavy atom. The van der Waals surface area contributed by atoms with Gasteiger partial charge in [0.15, 0.2) is 0 Å². The van der Waals surface area contributed by atoms with Crippen LogP contribution in [0.3, 0.4) is 0 Å². The van der Waals surface area contributed by atoms with E-state index in [2.05, 4.69) is 20.8 Å². The second-order valence-electron chi connectivity index (χ2n) is 3.90. The molecule has 2 atom stereocenters. The molecule has 74 valence electrons. The molecule has 2 unspecified atom stereocenters. The second-order valence-corrected chi connectivity index (χ2v) is 3.90. The molecule has 0 spiro atoms. The van der Waals surface area contributed by atoms with Gasteiger partial charge in [-0.3, -0.25) is 0 Å². The van der Waals surface area contributed by atoms with E-state index in [1.165, 1.54) is 0 Å². The summed E-state index contributed by atoms with van der Waals surface area (Å²) < 4.78 is 5.03. The van der Waals surface area contributed by atoms with Crippen LogP contribution >= 0.6 is 0 Å². The van der Waals surface area contributed by atoms with Gasteiger partial charge in [-0.25, -0.2) is 0 Å². The molecule has 1 aromatic rings. The highest BCUT2D eigenvalue weighted by molar-refractivity contribution is 5.12. The van der Waals surface area contributed by atoms with Gasteiger partial charge >= 0.3 is 0 Å². The van der Waals surface area contributed by atoms with Crippen LogP contribution in [0.25, 0.3) is 0 Å². The minimum atomic E-state index is 0.115. The molecule has 0 saturated heterocycles. The van der Waals surface area contributed by atoms with E-state index in [4.69, 9.17) is 10.2 Å². The standard InChI is InChI=1S/C11H19NO/c1-4-10(8(2)3)11(12)9-5-6-13-7-9/h5-8,10-11H,4,12H2,1-3H3. The third-order valence-electron chi connectivity index (χ3n) is 2.72. The van der Waals surface area contributed by atoms with E-state index < -0.39 is 0 Å². The third kappa shape index (κ3) is 2.34. The highest BCUT2D eigenvalue weighted by Gasteiger charge is 2.21. The molecule has 2 N–H and O–H groups in total. The second kappa shape index (κ2) is 4.47. The first-order valence-electron chi connectivity index (χ1n) is 4.94. The van der Waals surface area contributed by atoms with E-state index in [0.717, 1.165) is 12.0 Å². The van der Waals surface area contributed by atoms with Crippen molar-refractivity contribution in [2.75, 3.05) is 0 Å². The lowest BCUT2D eigenvalue weighted by Crippen LogP contribution is -2.24. The Morgan fingerprint density at radius 2 is 2.15 bits per heavy atom. The lowest BCUT2D eigenvalue weighted by Gasteiger charge is -2.25. The molecule has 1 heterocycles. The fourth-order valence-electron chi connectivity index (χ4n) is 1.85. The van der Waals surface area contributed by atoms with Crippen molar-refractivity contribution in [2.24, 2.45) is 17.6 Å². The van der Waals surface area contributed by atoms with E-state index in [1.54, 1.807) is 12.5 Å². The molecule has 1 rings (SSSR count). The zero-order chi connectivity index (χ0) is 9.84. The molecule has 0 bridgehead atoms. The summed E-state index contributed by atoms with van der Waals surface area (Å²) in [6, 6.07) is 2.07. The average molecular weight is 181 g/mol. The molecule has 0 saturated carbocycles. The van der Waals surface area contributed by atoms with Gasteiger partial charge in [0, 0.05) is 11.6 Å². The number of furan rings is 1. The highest BCUT2D eigenvalue weighted by atomic mass is 16.3. The van der Waals surface area contributed by atoms with Crippen molar-refractivity contribution in [3.63, 3.8) is 0 Å². The van der Waals surface area contributed by atoms with Crippen LogP contribution in [-0.2, 0) is 0 Å². The summed E-state index contributed by atoms with van der Waals surface area (Å²) in [5, 5.41) is 0. The van der Waals surface area contributed by atoms with Crippen LogP contribution in [-0.4, -0.2) is 0 Å². The van der Waals surface area contributed by atoms with E-state index >= 15 is 0 Å². The van der Waals surface area contributed by atoms with Crippen molar-refractivity contribution < 1.29 is 4.42 Å². The van der Waals surface area contributed by atoms with Crippen LogP contribution < -0.4 is 5.73 Å². The van der Waals surface area contributed by atoms with Crippen molar-refractivity contribution in [1.82, 2.24) is 0 Å². The Bertz CT molecular complexity index is 228. The molecule has 13 heavy (non-hydrogen) atoms. The van der Waals surface area contributed by atoms with Gasteiger partial charge in [-0.2, -0.15) is 0 Å². The zero-order valence-electron chi connectivity index (χ0n) is 8.66. The van der Waals surface area contributed by atoms with Gasteiger partial charge in [-0.1, -0.05) is 27.2 Å². The minimum absolute atomic E-state index is 0.115. The van der Waals surface area contributed by atoms with Gasteiger partial charge in [0.1, 0.15) is 0 Å². The van der Waals surface area contributed by atoms with Crippen LogP contribution in [0, 0.1) is 11.8 Å². The normalized spacial score (nSPS) is 16.1. The smallest absolute Gasteiger partial charge is 0.0950 e. The highest BCUT2D eigenvalue weighted by Crippen LogP contribution is 2.28. The van der Waals surface area contributed by atoms with Crippen molar-refractivity contribution >= 4 is 0 Å². The van der Waals surface area contributed by atoms with Crippen molar-refractivity contribution in [3.05, 3.63) is 24.2 Å². The Labute approximate surface area is 80.1 Å². The van der Waals surface area contributed by atoms with Crippen molar-refractivity contribution in [2.45, 2.75) is 33.2 Å². The lowest BCUT2D eigenvalue weighted by molar-refractivity contribution is 0.311. The van der Waals surface area contributed by atoms with Gasteiger partial charge in [0.25, 0.3) is 0 Å². The summed E-state index contributed by atoms with van der Waals surface area (Å²) in [5.41, 5.74) is 7.25. The molecule has 0 radical (unpaired) electrons. The lowest BCUT2D eigenvalue weighted by atomic mass is 9.84. The van der Waals surface area contributed by atoms with Crippen molar-refractivity contribution in [1.29, 1.82) is 0 Å². The summed E-state index contributed by atoms with van der Waals surface area (Å²) in [6.07, 6.45) is 4.54. The van der Waals surface area contributed by atoms with Gasteiger partial charge < -0.3 is 10.2 Å². The van der Waals surface area contributed by atoms with E-state index in [-0.39, 0.29) is 6.04 Å². The first-order valence-corrected chi connectivity index (χ1v) is 4.94. The minimum Gasteiger partial charge on any atom is -0.472 e. The maximum absolute atomic E-state index is 6.14. The maximum atomic E-state index is 6.14. The van der Waals surface area contributed by atoms with E-state index in [0.29, 0.717) is 11.8 Å². The zero-order valence-corrected chi connectivity index (χ0v) is 8.66. The van der Waals surface area contributed by atoms with Gasteiger partial charge in [0.05, 0.1) is 12.5 Å². The molecule has 1 aromatic heterocycles. The summed E-state index contributed by atoms with van der Waals surface area (Å²) in [4.78, 5) is 0. The summed E-state index contributed by atoms with van der Waals surface area (Å²) in [5.74, 6) is 1.16. The largest absolute Gasteiger partial charge is 0.472 e. The molecule has 0 amide bonds. The monoisotopic (exact) mass is 181 g/mol. The van der Waals surface area contributed by atoms with Crippen LogP contribution in [0.4, 0.5) is 0 Å². The number of nitrogens with two attached hydrogens (primary N) is 1. The van der Waals surface area contributed by atoms with E-state index in [9.17, 15) is 0 Å². The first-order chi connectivity index (χ1) is 6.16. The summed E-state index contributed by atoms with van der Waals surface area (Å²) >= 11 is 0. The van der Waals surface area contributed by atoms with Crippen LogP contribution in [0.2, 0.25) is 0 Å². The molecule has 0 aliphatic carbocycles. The Hall–Kier alpha value is -0.760. The Morgan fingerprint density at radius 3 is 2.54 bits per heavy atom. The average Bonchev–Trinajstić information content (AvgIpc) is 2.56. The summed E-state index contributed by atoms with van der Waals surface area (Å²) in [6.45, 7) is 6.62. The van der Waals surface area contributed by atoms with Gasteiger partial charge in [0.2, 0.25) is 0 Å². The molecule has 2 heteroatoms. The fraction of sp³-hybridized carbons (Fsp3) is 0.636. The Balaban J connectivity index is 2.70. The van der Waals surface area contributed by atoms with Crippen LogP contribution in [0.15, 0.2) is 23.0 Å². The van der Waals surface area contributed by atoms with Gasteiger partial charge in [-0.15, -0.1) is 0 Å². The molecular weight excluding hydrogens is 162 g/mol. The first kappa shape index (κ1) is 10.3. The fourth-order valence-corrected chi connectivity index (χ4v) is 1.85. The molecule has 0 aromatic carbocycles. The molecule has 2 nitrogen and oxygen atoms in total. The number of rotatable bonds is 4. The topological polar surface area (TPSA) is 39.2 Å². The van der Waals surface area contributed by atoms with Crippen LogP contribution in [0.5, 0.6) is 0 Å². The predicted octanol–water partition coefficient (Wildman–Crippen LogP) is 2.96. The SMILES string of the molecule is CCC(C(C)C)C(N)c1ccoc1. The van der Waals surface area contributed by atoms with Gasteiger partial charge in [-0.05, 0) is 17.9 Å². The Kier molecular flexibility index (Phi) is 3.55. The molecule has 0 aliphatic heterocycles. The van der Waals surface area contributed by atoms with Crippen LogP contribution in [0.1, 0.15) is 38.8 Å². The van der Waals surface area contributed by atoms with E-state index in [1.807, 2.05) is 6.07 Å². The third-order valence-corrected chi connectivity index (χ3v) is 2.72. The number of hydrogen-bond acceptors (Lipinski definition) is 2. The predicted molar refractivity (Wildman–Crippen MR) is 54.3 cm³/mol. The quantitative estimate of drug-likeness (QED) is 0.775. The maximum Gasteiger partial charge on any atom is 0.0950 e. The summed E-state index contributed by atoms with van der Waals surface area (Å²) in [7, 11) is 0. The molecule has 0 aliphatic rings. The molecule has 0 fully saturated rings. The number of hydrogen-bond donors (Lipinski definition) is 1. The van der Waals surface area contributed by atoms with Crippen molar-refractivity contribution in [3.8, 4) is 0 Å².